The summed E-state index contributed by atoms with van der Waals surface area (Å²) in [5.74, 6) is -3.69. The van der Waals surface area contributed by atoms with Gasteiger partial charge in [0.15, 0.2) is 5.79 Å². The largest absolute Gasteiger partial charge is 0.466 e. The summed E-state index contributed by atoms with van der Waals surface area (Å²) in [4.78, 5) is 11.3. The predicted octanol–water partition coefficient (Wildman–Crippen LogP) is 1.18. The van der Waals surface area contributed by atoms with Gasteiger partial charge in [0, 0.05) is 40.1 Å². The predicted molar refractivity (Wildman–Crippen MR) is 88.5 cm³/mol. The number of aliphatic hydroxyl groups is 2. The first-order chi connectivity index (χ1) is 11.8. The van der Waals surface area contributed by atoms with E-state index in [1.165, 1.54) is 28.3 Å². The topological polar surface area (TPSA) is 104 Å². The first-order valence-electron chi connectivity index (χ1n) is 8.63. The van der Waals surface area contributed by atoms with Crippen molar-refractivity contribution in [3.8, 4) is 0 Å². The smallest absolute Gasteiger partial charge is 0.305 e. The third-order valence-corrected chi connectivity index (χ3v) is 4.70. The van der Waals surface area contributed by atoms with E-state index in [4.69, 9.17) is 23.7 Å². The van der Waals surface area contributed by atoms with E-state index in [1.54, 1.807) is 6.92 Å². The fraction of sp³-hybridized carbons (Fsp3) is 0.941. The first kappa shape index (κ1) is 22.3. The van der Waals surface area contributed by atoms with Gasteiger partial charge in [0.1, 0.15) is 0 Å². The molecule has 0 spiro atoms. The van der Waals surface area contributed by atoms with E-state index in [2.05, 4.69) is 0 Å². The normalized spacial score (nSPS) is 30.0. The number of carbonyl (C=O) groups is 1. The molecule has 0 aromatic heterocycles. The maximum Gasteiger partial charge on any atom is 0.305 e. The van der Waals surface area contributed by atoms with Crippen LogP contribution >= 0.6 is 0 Å². The zero-order chi connectivity index (χ0) is 19.1. The van der Waals surface area contributed by atoms with Crippen LogP contribution in [-0.2, 0) is 28.5 Å². The number of methoxy groups -OCH3 is 3. The van der Waals surface area contributed by atoms with Gasteiger partial charge in [0.05, 0.1) is 12.7 Å². The molecular formula is C17H32O8. The number of esters is 1. The van der Waals surface area contributed by atoms with Crippen LogP contribution in [0.2, 0.25) is 0 Å². The summed E-state index contributed by atoms with van der Waals surface area (Å²) in [6.07, 6.45) is 0.364. The van der Waals surface area contributed by atoms with Gasteiger partial charge in [-0.1, -0.05) is 6.42 Å². The third-order valence-electron chi connectivity index (χ3n) is 4.70. The number of rotatable bonds is 10. The molecule has 0 saturated carbocycles. The molecule has 0 aromatic carbocycles. The van der Waals surface area contributed by atoms with Crippen molar-refractivity contribution in [1.29, 1.82) is 0 Å². The summed E-state index contributed by atoms with van der Waals surface area (Å²) < 4.78 is 26.6. The van der Waals surface area contributed by atoms with E-state index in [0.29, 0.717) is 32.3 Å². The van der Waals surface area contributed by atoms with Gasteiger partial charge in [-0.3, -0.25) is 4.79 Å². The monoisotopic (exact) mass is 364 g/mol. The van der Waals surface area contributed by atoms with Gasteiger partial charge in [-0.2, -0.15) is 0 Å². The summed E-state index contributed by atoms with van der Waals surface area (Å²) in [5, 5.41) is 21.1. The maximum absolute atomic E-state index is 11.3. The van der Waals surface area contributed by atoms with E-state index in [1.807, 2.05) is 0 Å². The zero-order valence-corrected chi connectivity index (χ0v) is 15.8. The van der Waals surface area contributed by atoms with Crippen molar-refractivity contribution in [1.82, 2.24) is 0 Å². The number of unbranched alkanes of at least 4 members (excludes halogenated alkanes) is 1. The second kappa shape index (κ2) is 9.80. The molecule has 0 radical (unpaired) electrons. The molecule has 2 N–H and O–H groups in total. The van der Waals surface area contributed by atoms with Crippen molar-refractivity contribution >= 4 is 5.97 Å². The molecule has 1 fully saturated rings. The lowest BCUT2D eigenvalue weighted by atomic mass is 9.81. The summed E-state index contributed by atoms with van der Waals surface area (Å²) in [7, 11) is 4.35. The standard InChI is InChI=1S/C17H32O8/c1-6-24-14(19)10-8-7-9-13(18)12-11-17(22-4,23-5)15(21-3)25-16(12,2)20/h12-13,15,18,20H,6-11H2,1-5H3/t12-,13+,15+,16+/m1/s1. The lowest BCUT2D eigenvalue weighted by Crippen LogP contribution is -2.63. The van der Waals surface area contributed by atoms with Crippen LogP contribution in [0.25, 0.3) is 0 Å². The number of ether oxygens (including phenoxy) is 5. The third kappa shape index (κ3) is 5.60. The number of carbonyl (C=O) groups excluding carboxylic acids is 1. The Balaban J connectivity index is 2.66. The molecule has 1 aliphatic heterocycles. The first-order valence-corrected chi connectivity index (χ1v) is 8.63. The van der Waals surface area contributed by atoms with Crippen LogP contribution in [-0.4, -0.2) is 68.1 Å². The molecule has 25 heavy (non-hydrogen) atoms. The van der Waals surface area contributed by atoms with Gasteiger partial charge in [-0.05, 0) is 26.7 Å². The average Bonchev–Trinajstić information content (AvgIpc) is 2.58. The highest BCUT2D eigenvalue weighted by atomic mass is 16.8. The number of hydrogen-bond acceptors (Lipinski definition) is 8. The maximum atomic E-state index is 11.3. The van der Waals surface area contributed by atoms with E-state index < -0.39 is 29.9 Å². The van der Waals surface area contributed by atoms with Crippen molar-refractivity contribution < 1.29 is 38.7 Å². The number of aliphatic hydroxyl groups excluding tert-OH is 1. The molecule has 8 heteroatoms. The molecule has 0 aromatic rings. The Morgan fingerprint density at radius 2 is 1.92 bits per heavy atom. The molecule has 1 rings (SSSR count). The average molecular weight is 364 g/mol. The Kier molecular flexibility index (Phi) is 8.73. The van der Waals surface area contributed by atoms with Gasteiger partial charge < -0.3 is 33.9 Å². The lowest BCUT2D eigenvalue weighted by Gasteiger charge is -2.50. The second-order valence-electron chi connectivity index (χ2n) is 6.39. The van der Waals surface area contributed by atoms with E-state index in [-0.39, 0.29) is 12.4 Å². The molecule has 0 aliphatic carbocycles. The Bertz CT molecular complexity index is 407. The Morgan fingerprint density at radius 3 is 2.44 bits per heavy atom. The van der Waals surface area contributed by atoms with Crippen LogP contribution in [0, 0.1) is 5.92 Å². The molecule has 1 aliphatic rings. The van der Waals surface area contributed by atoms with Gasteiger partial charge in [-0.15, -0.1) is 0 Å². The van der Waals surface area contributed by atoms with E-state index in [9.17, 15) is 15.0 Å². The summed E-state index contributed by atoms with van der Waals surface area (Å²) >= 11 is 0. The molecule has 1 heterocycles. The van der Waals surface area contributed by atoms with Crippen LogP contribution in [0.1, 0.15) is 46.0 Å². The molecule has 0 bridgehead atoms. The van der Waals surface area contributed by atoms with E-state index in [0.717, 1.165) is 0 Å². The minimum absolute atomic E-state index is 0.199. The number of hydrogen-bond donors (Lipinski definition) is 2. The molecule has 0 unspecified atom stereocenters. The van der Waals surface area contributed by atoms with Crippen LogP contribution in [0.15, 0.2) is 0 Å². The van der Waals surface area contributed by atoms with Crippen LogP contribution < -0.4 is 0 Å². The van der Waals surface area contributed by atoms with Gasteiger partial charge in [0.25, 0.3) is 0 Å². The Labute approximate surface area is 149 Å². The lowest BCUT2D eigenvalue weighted by molar-refractivity contribution is -0.432. The molecule has 0 amide bonds. The Hall–Kier alpha value is -0.770. The summed E-state index contributed by atoms with van der Waals surface area (Å²) in [6, 6.07) is 0. The zero-order valence-electron chi connectivity index (χ0n) is 15.8. The molecular weight excluding hydrogens is 332 g/mol. The Morgan fingerprint density at radius 1 is 1.28 bits per heavy atom. The van der Waals surface area contributed by atoms with Gasteiger partial charge in [0.2, 0.25) is 12.1 Å². The van der Waals surface area contributed by atoms with Crippen molar-refractivity contribution in [3.05, 3.63) is 0 Å². The highest BCUT2D eigenvalue weighted by molar-refractivity contribution is 5.69. The van der Waals surface area contributed by atoms with Crippen LogP contribution in [0.4, 0.5) is 0 Å². The van der Waals surface area contributed by atoms with Gasteiger partial charge >= 0.3 is 5.97 Å². The molecule has 148 valence electrons. The summed E-state index contributed by atoms with van der Waals surface area (Å²) in [6.45, 7) is 3.61. The fourth-order valence-electron chi connectivity index (χ4n) is 3.21. The van der Waals surface area contributed by atoms with Crippen molar-refractivity contribution in [2.45, 2.75) is 69.9 Å². The second-order valence-corrected chi connectivity index (χ2v) is 6.39. The van der Waals surface area contributed by atoms with Gasteiger partial charge in [-0.25, -0.2) is 0 Å². The van der Waals surface area contributed by atoms with Crippen molar-refractivity contribution in [2.24, 2.45) is 5.92 Å². The highest BCUT2D eigenvalue weighted by Crippen LogP contribution is 2.43. The minimum Gasteiger partial charge on any atom is -0.466 e. The fourth-order valence-corrected chi connectivity index (χ4v) is 3.21. The molecule has 1 saturated heterocycles. The molecule has 4 atom stereocenters. The van der Waals surface area contributed by atoms with Crippen molar-refractivity contribution in [3.63, 3.8) is 0 Å². The SMILES string of the molecule is CCOC(=O)CCCC[C@H](O)[C@H]1CC(OC)(OC)[C@@H](OC)O[C@]1(C)O. The van der Waals surface area contributed by atoms with E-state index >= 15 is 0 Å². The molecule has 8 nitrogen and oxygen atoms in total. The quantitative estimate of drug-likeness (QED) is 0.338. The van der Waals surface area contributed by atoms with Crippen LogP contribution in [0.3, 0.4) is 0 Å². The van der Waals surface area contributed by atoms with Crippen LogP contribution in [0.5, 0.6) is 0 Å². The van der Waals surface area contributed by atoms with Crippen molar-refractivity contribution in [2.75, 3.05) is 27.9 Å². The summed E-state index contributed by atoms with van der Waals surface area (Å²) in [5.41, 5.74) is 0. The highest BCUT2D eigenvalue weighted by Gasteiger charge is 2.56. The minimum atomic E-state index is -1.60.